The van der Waals surface area contributed by atoms with E-state index in [1.165, 1.54) is 27.9 Å². The van der Waals surface area contributed by atoms with Crippen LogP contribution in [0.4, 0.5) is 5.69 Å². The van der Waals surface area contributed by atoms with E-state index in [1.807, 2.05) is 6.07 Å². The zero-order valence-corrected chi connectivity index (χ0v) is 16.9. The molecular formula is C25H27NO2. The van der Waals surface area contributed by atoms with E-state index in [4.69, 9.17) is 4.74 Å². The summed E-state index contributed by atoms with van der Waals surface area (Å²) in [7, 11) is 4.11. The minimum absolute atomic E-state index is 0.183. The molecule has 2 unspecified atom stereocenters. The van der Waals surface area contributed by atoms with Crippen LogP contribution in [0.3, 0.4) is 0 Å². The lowest BCUT2D eigenvalue weighted by Crippen LogP contribution is -2.25. The first-order valence-corrected chi connectivity index (χ1v) is 9.74. The number of hydrogen-bond donors (Lipinski definition) is 1. The van der Waals surface area contributed by atoms with Crippen molar-refractivity contribution in [3.05, 3.63) is 88.5 Å². The Kier molecular flexibility index (Phi) is 4.76. The molecule has 0 aliphatic carbocycles. The number of fused-ring (bicyclic) bond motifs is 1. The van der Waals surface area contributed by atoms with Gasteiger partial charge in [-0.3, -0.25) is 0 Å². The molecule has 2 atom stereocenters. The van der Waals surface area contributed by atoms with Crippen LogP contribution in [0.15, 0.2) is 60.7 Å². The zero-order chi connectivity index (χ0) is 19.8. The number of hydrogen-bond acceptors (Lipinski definition) is 3. The summed E-state index contributed by atoms with van der Waals surface area (Å²) < 4.78 is 6.09. The van der Waals surface area contributed by atoms with Crippen LogP contribution in [0.1, 0.15) is 39.7 Å². The van der Waals surface area contributed by atoms with Crippen molar-refractivity contribution in [3.8, 4) is 11.5 Å². The van der Waals surface area contributed by atoms with E-state index >= 15 is 0 Å². The molecule has 4 rings (SSSR count). The average molecular weight is 373 g/mol. The summed E-state index contributed by atoms with van der Waals surface area (Å²) >= 11 is 0. The maximum atomic E-state index is 9.91. The molecule has 0 aromatic heterocycles. The number of anilines is 1. The van der Waals surface area contributed by atoms with Gasteiger partial charge in [0.2, 0.25) is 0 Å². The van der Waals surface area contributed by atoms with Crippen LogP contribution in [-0.2, 0) is 0 Å². The third kappa shape index (κ3) is 3.33. The van der Waals surface area contributed by atoms with E-state index in [9.17, 15) is 5.11 Å². The first kappa shape index (κ1) is 18.4. The maximum Gasteiger partial charge on any atom is 0.126 e. The molecule has 0 bridgehead atoms. The highest BCUT2D eigenvalue weighted by Crippen LogP contribution is 2.47. The van der Waals surface area contributed by atoms with Gasteiger partial charge in [-0.05, 0) is 54.3 Å². The fraction of sp³-hybridized carbons (Fsp3) is 0.280. The summed E-state index contributed by atoms with van der Waals surface area (Å²) in [6, 6.07) is 21.0. The van der Waals surface area contributed by atoms with Crippen molar-refractivity contribution in [2.75, 3.05) is 25.6 Å². The normalized spacial score (nSPS) is 18.3. The van der Waals surface area contributed by atoms with Gasteiger partial charge in [0.15, 0.2) is 0 Å². The average Bonchev–Trinajstić information content (AvgIpc) is 2.69. The Morgan fingerprint density at radius 2 is 1.57 bits per heavy atom. The van der Waals surface area contributed by atoms with Gasteiger partial charge in [0, 0.05) is 43.2 Å². The van der Waals surface area contributed by atoms with Gasteiger partial charge in [0.25, 0.3) is 0 Å². The van der Waals surface area contributed by atoms with Crippen molar-refractivity contribution < 1.29 is 9.84 Å². The van der Waals surface area contributed by atoms with Crippen LogP contribution >= 0.6 is 0 Å². The van der Waals surface area contributed by atoms with E-state index < -0.39 is 0 Å². The molecule has 3 heteroatoms. The van der Waals surface area contributed by atoms with Crippen molar-refractivity contribution in [1.29, 1.82) is 0 Å². The van der Waals surface area contributed by atoms with Crippen molar-refractivity contribution in [2.45, 2.75) is 25.7 Å². The van der Waals surface area contributed by atoms with Crippen LogP contribution in [-0.4, -0.2) is 25.8 Å². The van der Waals surface area contributed by atoms with E-state index in [0.717, 1.165) is 11.3 Å². The van der Waals surface area contributed by atoms with Gasteiger partial charge < -0.3 is 14.7 Å². The Bertz CT molecular complexity index is 992. The summed E-state index contributed by atoms with van der Waals surface area (Å²) in [5.41, 5.74) is 7.48. The summed E-state index contributed by atoms with van der Waals surface area (Å²) in [6.07, 6.45) is 0. The molecule has 0 amide bonds. The molecule has 0 spiro atoms. The van der Waals surface area contributed by atoms with Gasteiger partial charge in [0.05, 0.1) is 6.61 Å². The summed E-state index contributed by atoms with van der Waals surface area (Å²) in [6.45, 7) is 4.90. The Balaban J connectivity index is 1.83. The molecule has 3 aromatic rings. The Hall–Kier alpha value is -2.94. The highest BCUT2D eigenvalue weighted by molar-refractivity contribution is 5.53. The monoisotopic (exact) mass is 373 g/mol. The number of phenols is 1. The number of aryl methyl sites for hydroxylation is 2. The number of ether oxygens (including phenoxy) is 1. The maximum absolute atomic E-state index is 9.91. The predicted molar refractivity (Wildman–Crippen MR) is 115 cm³/mol. The molecule has 3 aromatic carbocycles. The highest BCUT2D eigenvalue weighted by Gasteiger charge is 2.33. The van der Waals surface area contributed by atoms with Crippen LogP contribution in [0, 0.1) is 13.8 Å². The molecule has 1 heterocycles. The zero-order valence-electron chi connectivity index (χ0n) is 16.9. The van der Waals surface area contributed by atoms with Crippen LogP contribution in [0.2, 0.25) is 0 Å². The predicted octanol–water partition coefficient (Wildman–Crippen LogP) is 5.38. The second-order valence-electron chi connectivity index (χ2n) is 7.95. The van der Waals surface area contributed by atoms with E-state index in [-0.39, 0.29) is 17.6 Å². The van der Waals surface area contributed by atoms with Crippen LogP contribution in [0.5, 0.6) is 11.5 Å². The summed E-state index contributed by atoms with van der Waals surface area (Å²) in [5, 5.41) is 9.91. The van der Waals surface area contributed by atoms with Crippen molar-refractivity contribution >= 4 is 5.69 Å². The molecule has 1 N–H and O–H groups in total. The molecule has 1 aliphatic heterocycles. The molecule has 28 heavy (non-hydrogen) atoms. The lowest BCUT2D eigenvalue weighted by Gasteiger charge is -2.35. The first-order valence-electron chi connectivity index (χ1n) is 9.74. The van der Waals surface area contributed by atoms with E-state index in [1.54, 1.807) is 12.1 Å². The summed E-state index contributed by atoms with van der Waals surface area (Å²) in [4.78, 5) is 2.11. The van der Waals surface area contributed by atoms with Crippen LogP contribution in [0.25, 0.3) is 0 Å². The minimum atomic E-state index is 0.183. The topological polar surface area (TPSA) is 32.7 Å². The Morgan fingerprint density at radius 3 is 2.25 bits per heavy atom. The fourth-order valence-electron chi connectivity index (χ4n) is 4.07. The van der Waals surface area contributed by atoms with Gasteiger partial charge in [-0.15, -0.1) is 0 Å². The number of benzene rings is 3. The Labute approximate surface area is 167 Å². The molecule has 0 radical (unpaired) electrons. The second-order valence-corrected chi connectivity index (χ2v) is 7.95. The van der Waals surface area contributed by atoms with Crippen LogP contribution < -0.4 is 9.64 Å². The standard InChI is InChI=1S/C25H27NO2/c1-16-5-6-19(13-17(16)2)23-15-28-24-14-21(27)11-12-22(24)25(23)18-7-9-20(10-8-18)26(3)4/h5-14,23,25,27H,15H2,1-4H3. The lowest BCUT2D eigenvalue weighted by molar-refractivity contribution is 0.247. The molecule has 0 saturated carbocycles. The van der Waals surface area contributed by atoms with Crippen molar-refractivity contribution in [3.63, 3.8) is 0 Å². The number of phenolic OH excluding ortho intramolecular Hbond substituents is 1. The van der Waals surface area contributed by atoms with Gasteiger partial charge in [0.1, 0.15) is 11.5 Å². The second kappa shape index (κ2) is 7.23. The van der Waals surface area contributed by atoms with E-state index in [0.29, 0.717) is 6.61 Å². The fourth-order valence-corrected chi connectivity index (χ4v) is 4.07. The van der Waals surface area contributed by atoms with Gasteiger partial charge in [-0.1, -0.05) is 36.4 Å². The van der Waals surface area contributed by atoms with Gasteiger partial charge >= 0.3 is 0 Å². The molecule has 3 nitrogen and oxygen atoms in total. The smallest absolute Gasteiger partial charge is 0.126 e. The number of nitrogens with zero attached hydrogens (tertiary/aromatic N) is 1. The highest BCUT2D eigenvalue weighted by atomic mass is 16.5. The largest absolute Gasteiger partial charge is 0.508 e. The quantitative estimate of drug-likeness (QED) is 0.669. The molecular weight excluding hydrogens is 346 g/mol. The van der Waals surface area contributed by atoms with Gasteiger partial charge in [-0.2, -0.15) is 0 Å². The van der Waals surface area contributed by atoms with E-state index in [2.05, 4.69) is 75.3 Å². The SMILES string of the molecule is Cc1ccc(C2COc3cc(O)ccc3C2c2ccc(N(C)C)cc2)cc1C. The van der Waals surface area contributed by atoms with Crippen molar-refractivity contribution in [2.24, 2.45) is 0 Å². The molecule has 144 valence electrons. The first-order chi connectivity index (χ1) is 13.4. The Morgan fingerprint density at radius 1 is 0.857 bits per heavy atom. The number of rotatable bonds is 3. The van der Waals surface area contributed by atoms with Gasteiger partial charge in [-0.25, -0.2) is 0 Å². The minimum Gasteiger partial charge on any atom is -0.508 e. The molecule has 0 fully saturated rings. The molecule has 1 aliphatic rings. The number of aromatic hydroxyl groups is 1. The third-order valence-electron chi connectivity index (χ3n) is 5.88. The summed E-state index contributed by atoms with van der Waals surface area (Å²) in [5.74, 6) is 1.43. The molecule has 0 saturated heterocycles. The lowest BCUT2D eigenvalue weighted by atomic mass is 9.75. The third-order valence-corrected chi connectivity index (χ3v) is 5.88. The van der Waals surface area contributed by atoms with Crippen molar-refractivity contribution in [1.82, 2.24) is 0 Å².